The van der Waals surface area contributed by atoms with Crippen LogP contribution in [0.5, 0.6) is 0 Å². The van der Waals surface area contributed by atoms with Crippen molar-refractivity contribution < 1.29 is 17.6 Å². The van der Waals surface area contributed by atoms with Crippen molar-refractivity contribution in [2.75, 3.05) is 13.1 Å². The van der Waals surface area contributed by atoms with Gasteiger partial charge in [-0.1, -0.05) is 46.3 Å². The topological polar surface area (TPSA) is 66.5 Å². The van der Waals surface area contributed by atoms with Crippen LogP contribution in [0, 0.1) is 11.7 Å². The first-order valence-electron chi connectivity index (χ1n) is 9.08. The van der Waals surface area contributed by atoms with Gasteiger partial charge in [-0.25, -0.2) is 17.1 Å². The zero-order valence-corrected chi connectivity index (χ0v) is 17.7. The van der Waals surface area contributed by atoms with E-state index in [2.05, 4.69) is 21.2 Å². The average Bonchev–Trinajstić information content (AvgIpc) is 2.69. The number of sulfonamides is 1. The number of carbonyl (C=O) groups is 1. The zero-order chi connectivity index (χ0) is 20.1. The van der Waals surface area contributed by atoms with Crippen molar-refractivity contribution in [3.05, 3.63) is 69.9 Å². The summed E-state index contributed by atoms with van der Waals surface area (Å²) in [5, 5.41) is 2.76. The summed E-state index contributed by atoms with van der Waals surface area (Å²) in [5.41, 5.74) is 1.17. The molecule has 1 amide bonds. The maximum Gasteiger partial charge on any atom is 0.223 e. The third-order valence-corrected chi connectivity index (χ3v) is 7.27. The Bertz CT molecular complexity index is 927. The molecule has 2 aromatic carbocycles. The van der Waals surface area contributed by atoms with Gasteiger partial charge in [-0.3, -0.25) is 4.79 Å². The highest BCUT2D eigenvalue weighted by Gasteiger charge is 2.31. The summed E-state index contributed by atoms with van der Waals surface area (Å²) in [6.45, 7) is 0.765. The molecule has 1 fully saturated rings. The Balaban J connectivity index is 1.51. The molecule has 0 radical (unpaired) electrons. The lowest BCUT2D eigenvalue weighted by atomic mass is 9.97. The fourth-order valence-electron chi connectivity index (χ4n) is 3.25. The molecule has 1 N–H and O–H groups in total. The maximum atomic E-state index is 13.6. The van der Waals surface area contributed by atoms with E-state index in [0.29, 0.717) is 31.5 Å². The van der Waals surface area contributed by atoms with Gasteiger partial charge >= 0.3 is 0 Å². The van der Waals surface area contributed by atoms with Crippen LogP contribution in [0.25, 0.3) is 0 Å². The summed E-state index contributed by atoms with van der Waals surface area (Å²) in [7, 11) is -3.42. The number of nitrogens with zero attached hydrogens (tertiary/aromatic N) is 1. The molecule has 2 aromatic rings. The van der Waals surface area contributed by atoms with Gasteiger partial charge in [0.25, 0.3) is 0 Å². The van der Waals surface area contributed by atoms with Crippen molar-refractivity contribution in [3.8, 4) is 0 Å². The van der Waals surface area contributed by atoms with E-state index in [4.69, 9.17) is 0 Å². The van der Waals surface area contributed by atoms with Crippen LogP contribution in [0.3, 0.4) is 0 Å². The third-order valence-electron chi connectivity index (χ3n) is 4.89. The van der Waals surface area contributed by atoms with Crippen molar-refractivity contribution in [1.82, 2.24) is 9.62 Å². The molecule has 1 heterocycles. The van der Waals surface area contributed by atoms with Crippen LogP contribution in [0.4, 0.5) is 4.39 Å². The Hall–Kier alpha value is -1.77. The van der Waals surface area contributed by atoms with Crippen LogP contribution in [0.2, 0.25) is 0 Å². The predicted molar refractivity (Wildman–Crippen MR) is 109 cm³/mol. The quantitative estimate of drug-likeness (QED) is 0.705. The summed E-state index contributed by atoms with van der Waals surface area (Å²) < 4.78 is 41.3. The summed E-state index contributed by atoms with van der Waals surface area (Å²) in [4.78, 5) is 12.4. The molecule has 1 aliphatic heterocycles. The van der Waals surface area contributed by atoms with Crippen molar-refractivity contribution >= 4 is 31.9 Å². The van der Waals surface area contributed by atoms with Crippen molar-refractivity contribution in [1.29, 1.82) is 0 Å². The molecule has 3 rings (SSSR count). The predicted octanol–water partition coefficient (Wildman–Crippen LogP) is 3.45. The minimum Gasteiger partial charge on any atom is -0.352 e. The van der Waals surface area contributed by atoms with E-state index in [1.54, 1.807) is 30.3 Å². The normalized spacial score (nSPS) is 16.1. The van der Waals surface area contributed by atoms with Crippen molar-refractivity contribution in [2.24, 2.45) is 5.92 Å². The van der Waals surface area contributed by atoms with E-state index < -0.39 is 10.0 Å². The smallest absolute Gasteiger partial charge is 0.223 e. The highest BCUT2D eigenvalue weighted by atomic mass is 79.9. The number of piperidine rings is 1. The Labute approximate surface area is 173 Å². The highest BCUT2D eigenvalue weighted by Crippen LogP contribution is 2.22. The first-order valence-corrected chi connectivity index (χ1v) is 11.5. The molecule has 0 spiro atoms. The van der Waals surface area contributed by atoms with Crippen LogP contribution < -0.4 is 5.32 Å². The number of amides is 1. The number of nitrogens with one attached hydrogen (secondary N) is 1. The number of halogens is 2. The first-order chi connectivity index (χ1) is 13.3. The van der Waals surface area contributed by atoms with E-state index >= 15 is 0 Å². The minimum atomic E-state index is -3.42. The van der Waals surface area contributed by atoms with Crippen molar-refractivity contribution in [2.45, 2.75) is 25.1 Å². The molecule has 1 saturated heterocycles. The molecule has 0 unspecified atom stereocenters. The average molecular weight is 469 g/mol. The SMILES string of the molecule is O=C(NCc1ccccc1F)C1CCN(S(=O)(=O)Cc2ccc(Br)cc2)CC1. The minimum absolute atomic E-state index is 0.0512. The summed E-state index contributed by atoms with van der Waals surface area (Å²) in [5.74, 6) is -0.819. The van der Waals surface area contributed by atoms with Gasteiger partial charge in [0.2, 0.25) is 15.9 Å². The van der Waals surface area contributed by atoms with Crippen LogP contribution in [0.15, 0.2) is 53.0 Å². The second-order valence-corrected chi connectivity index (χ2v) is 9.75. The lowest BCUT2D eigenvalue weighted by molar-refractivity contribution is -0.126. The number of hydrogen-bond acceptors (Lipinski definition) is 3. The molecule has 8 heteroatoms. The van der Waals surface area contributed by atoms with Gasteiger partial charge in [-0.2, -0.15) is 0 Å². The molecule has 0 aliphatic carbocycles. The molecule has 0 atom stereocenters. The first kappa shape index (κ1) is 21.0. The van der Waals surface area contributed by atoms with Crippen LogP contribution in [0.1, 0.15) is 24.0 Å². The summed E-state index contributed by atoms with van der Waals surface area (Å²) in [6, 6.07) is 13.5. The molecule has 0 bridgehead atoms. The van der Waals surface area contributed by atoms with Crippen LogP contribution in [-0.4, -0.2) is 31.7 Å². The van der Waals surface area contributed by atoms with Gasteiger partial charge < -0.3 is 5.32 Å². The third kappa shape index (κ3) is 5.40. The molecule has 28 heavy (non-hydrogen) atoms. The van der Waals surface area contributed by atoms with E-state index in [1.807, 2.05) is 12.1 Å². The highest BCUT2D eigenvalue weighted by molar-refractivity contribution is 9.10. The van der Waals surface area contributed by atoms with Crippen molar-refractivity contribution in [3.63, 3.8) is 0 Å². The maximum absolute atomic E-state index is 13.6. The van der Waals surface area contributed by atoms with Gasteiger partial charge in [0.05, 0.1) is 5.75 Å². The van der Waals surface area contributed by atoms with E-state index in [0.717, 1.165) is 10.0 Å². The Morgan fingerprint density at radius 2 is 1.75 bits per heavy atom. The summed E-state index contributed by atoms with van der Waals surface area (Å²) in [6.07, 6.45) is 0.922. The number of carbonyl (C=O) groups excluding carboxylic acids is 1. The van der Waals surface area contributed by atoms with E-state index in [1.165, 1.54) is 10.4 Å². The fraction of sp³-hybridized carbons (Fsp3) is 0.350. The number of benzene rings is 2. The molecule has 150 valence electrons. The van der Waals surface area contributed by atoms with Crippen LogP contribution >= 0.6 is 15.9 Å². The second kappa shape index (κ2) is 9.15. The molecular weight excluding hydrogens is 447 g/mol. The summed E-state index contributed by atoms with van der Waals surface area (Å²) >= 11 is 3.33. The molecule has 0 aromatic heterocycles. The Kier molecular flexibility index (Phi) is 6.85. The number of hydrogen-bond donors (Lipinski definition) is 1. The van der Waals surface area contributed by atoms with Gasteiger partial charge in [0.1, 0.15) is 5.82 Å². The molecule has 0 saturated carbocycles. The van der Waals surface area contributed by atoms with Gasteiger partial charge in [0.15, 0.2) is 0 Å². The molecule has 1 aliphatic rings. The monoisotopic (exact) mass is 468 g/mol. The zero-order valence-electron chi connectivity index (χ0n) is 15.3. The van der Waals surface area contributed by atoms with Crippen LogP contribution in [-0.2, 0) is 27.1 Å². The molecule has 5 nitrogen and oxygen atoms in total. The lowest BCUT2D eigenvalue weighted by Crippen LogP contribution is -2.43. The standard InChI is InChI=1S/C20H22BrFN2O3S/c21-18-7-5-15(6-8-18)14-28(26,27)24-11-9-16(10-12-24)20(25)23-13-17-3-1-2-4-19(17)22/h1-8,16H,9-14H2,(H,23,25). The van der Waals surface area contributed by atoms with E-state index in [-0.39, 0.29) is 29.9 Å². The fourth-order valence-corrected chi connectivity index (χ4v) is 5.07. The second-order valence-electron chi connectivity index (χ2n) is 6.87. The number of rotatable bonds is 6. The largest absolute Gasteiger partial charge is 0.352 e. The van der Waals surface area contributed by atoms with Gasteiger partial charge in [0, 0.05) is 35.6 Å². The van der Waals surface area contributed by atoms with Gasteiger partial charge in [-0.15, -0.1) is 0 Å². The van der Waals surface area contributed by atoms with E-state index in [9.17, 15) is 17.6 Å². The lowest BCUT2D eigenvalue weighted by Gasteiger charge is -2.30. The van der Waals surface area contributed by atoms with Gasteiger partial charge in [-0.05, 0) is 36.6 Å². The Morgan fingerprint density at radius 3 is 2.39 bits per heavy atom. The Morgan fingerprint density at radius 1 is 1.11 bits per heavy atom. The molecular formula is C20H22BrFN2O3S.